The number of aryl methyl sites for hydroxylation is 1. The highest BCUT2D eigenvalue weighted by Gasteiger charge is 2.27. The minimum atomic E-state index is -1.08. The molecule has 1 heterocycles. The van der Waals surface area contributed by atoms with Crippen LogP contribution < -0.4 is 4.74 Å². The summed E-state index contributed by atoms with van der Waals surface area (Å²) in [5, 5.41) is 24.7. The molecule has 19 heavy (non-hydrogen) atoms. The molecule has 0 saturated carbocycles. The minimum Gasteiger partial charge on any atom is -0.493 e. The number of ether oxygens (including phenoxy) is 1. The molecule has 2 N–H and O–H groups in total. The molecule has 2 aromatic rings. The first-order valence-corrected chi connectivity index (χ1v) is 6.19. The third-order valence-electron chi connectivity index (χ3n) is 3.08. The van der Waals surface area contributed by atoms with E-state index in [9.17, 15) is 10.2 Å². The highest BCUT2D eigenvalue weighted by Crippen LogP contribution is 2.33. The van der Waals surface area contributed by atoms with Gasteiger partial charge in [-0.25, -0.2) is 0 Å². The second kappa shape index (κ2) is 5.86. The number of rotatable bonds is 5. The summed E-state index contributed by atoms with van der Waals surface area (Å²) in [6, 6.07) is 9.04. The molecule has 0 aliphatic rings. The molecule has 0 amide bonds. The molecule has 102 valence electrons. The molecule has 2 unspecified atom stereocenters. The van der Waals surface area contributed by atoms with Crippen molar-refractivity contribution in [1.82, 2.24) is 9.78 Å². The largest absolute Gasteiger partial charge is 0.493 e. The molecule has 0 aliphatic carbocycles. The lowest BCUT2D eigenvalue weighted by atomic mass is 10.0. The van der Waals surface area contributed by atoms with E-state index in [1.807, 2.05) is 25.1 Å². The van der Waals surface area contributed by atoms with Gasteiger partial charge in [0.1, 0.15) is 17.9 Å². The molecule has 5 nitrogen and oxygen atoms in total. The molecule has 0 fully saturated rings. The van der Waals surface area contributed by atoms with Crippen molar-refractivity contribution in [1.29, 1.82) is 0 Å². The van der Waals surface area contributed by atoms with E-state index in [4.69, 9.17) is 4.74 Å². The van der Waals surface area contributed by atoms with Crippen LogP contribution in [-0.4, -0.2) is 27.1 Å². The highest BCUT2D eigenvalue weighted by molar-refractivity contribution is 5.30. The van der Waals surface area contributed by atoms with E-state index in [-0.39, 0.29) is 0 Å². The van der Waals surface area contributed by atoms with Crippen molar-refractivity contribution in [3.05, 3.63) is 47.8 Å². The van der Waals surface area contributed by atoms with Crippen LogP contribution in [0.25, 0.3) is 0 Å². The van der Waals surface area contributed by atoms with E-state index >= 15 is 0 Å². The van der Waals surface area contributed by atoms with Gasteiger partial charge in [0.2, 0.25) is 0 Å². The maximum atomic E-state index is 10.4. The number of methoxy groups -OCH3 is 1. The van der Waals surface area contributed by atoms with Crippen LogP contribution >= 0.6 is 0 Å². The molecule has 2 atom stereocenters. The van der Waals surface area contributed by atoms with Crippen LogP contribution in [0.1, 0.15) is 30.4 Å². The molecule has 1 aromatic carbocycles. The van der Waals surface area contributed by atoms with Gasteiger partial charge in [-0.05, 0) is 12.5 Å². The third-order valence-corrected chi connectivity index (χ3v) is 3.08. The van der Waals surface area contributed by atoms with E-state index < -0.39 is 12.2 Å². The fourth-order valence-corrected chi connectivity index (χ4v) is 2.07. The molecule has 0 bridgehead atoms. The van der Waals surface area contributed by atoms with Crippen LogP contribution in [0.15, 0.2) is 36.5 Å². The summed E-state index contributed by atoms with van der Waals surface area (Å²) in [4.78, 5) is 0. The fourth-order valence-electron chi connectivity index (χ4n) is 2.07. The van der Waals surface area contributed by atoms with E-state index in [2.05, 4.69) is 5.10 Å². The smallest absolute Gasteiger partial charge is 0.162 e. The normalized spacial score (nSPS) is 14.1. The summed E-state index contributed by atoms with van der Waals surface area (Å²) >= 11 is 0. The predicted molar refractivity (Wildman–Crippen MR) is 70.8 cm³/mol. The Morgan fingerprint density at radius 3 is 2.47 bits per heavy atom. The molecular formula is C14H18N2O3. The van der Waals surface area contributed by atoms with Gasteiger partial charge in [0.05, 0.1) is 13.3 Å². The summed E-state index contributed by atoms with van der Waals surface area (Å²) in [6.07, 6.45) is -0.559. The molecule has 0 spiro atoms. The summed E-state index contributed by atoms with van der Waals surface area (Å²) in [7, 11) is 1.52. The van der Waals surface area contributed by atoms with Crippen molar-refractivity contribution in [3.63, 3.8) is 0 Å². The van der Waals surface area contributed by atoms with Crippen LogP contribution in [0.3, 0.4) is 0 Å². The summed E-state index contributed by atoms with van der Waals surface area (Å²) < 4.78 is 6.80. The van der Waals surface area contributed by atoms with Crippen LogP contribution in [0.4, 0.5) is 0 Å². The molecule has 1 aromatic heterocycles. The van der Waals surface area contributed by atoms with Gasteiger partial charge in [-0.15, -0.1) is 0 Å². The quantitative estimate of drug-likeness (QED) is 0.860. The second-order valence-corrected chi connectivity index (χ2v) is 4.21. The van der Waals surface area contributed by atoms with E-state index in [1.54, 1.807) is 23.0 Å². The molecule has 5 heteroatoms. The van der Waals surface area contributed by atoms with Crippen molar-refractivity contribution in [2.75, 3.05) is 7.11 Å². The maximum absolute atomic E-state index is 10.4. The van der Waals surface area contributed by atoms with Crippen LogP contribution in [0, 0.1) is 0 Å². The van der Waals surface area contributed by atoms with Crippen molar-refractivity contribution >= 4 is 0 Å². The van der Waals surface area contributed by atoms with E-state index in [0.29, 0.717) is 23.6 Å². The lowest BCUT2D eigenvalue weighted by Crippen LogP contribution is -2.16. The van der Waals surface area contributed by atoms with Crippen LogP contribution in [0.2, 0.25) is 0 Å². The highest BCUT2D eigenvalue weighted by atomic mass is 16.5. The van der Waals surface area contributed by atoms with Gasteiger partial charge in [-0.3, -0.25) is 4.68 Å². The average Bonchev–Trinajstić information content (AvgIpc) is 2.89. The molecule has 0 radical (unpaired) electrons. The first-order valence-electron chi connectivity index (χ1n) is 6.19. The fraction of sp³-hybridized carbons (Fsp3) is 0.357. The van der Waals surface area contributed by atoms with Gasteiger partial charge >= 0.3 is 0 Å². The molecular weight excluding hydrogens is 244 g/mol. The number of hydrogen-bond acceptors (Lipinski definition) is 4. The first kappa shape index (κ1) is 13.6. The topological polar surface area (TPSA) is 67.5 Å². The maximum Gasteiger partial charge on any atom is 0.162 e. The van der Waals surface area contributed by atoms with Gasteiger partial charge in [0.25, 0.3) is 0 Å². The summed E-state index contributed by atoms with van der Waals surface area (Å²) in [6.45, 7) is 2.51. The SMILES string of the molecule is CCn1ncc(OC)c1C(O)C(O)c1ccccc1. The first-order chi connectivity index (χ1) is 9.19. The standard InChI is InChI=1S/C14H18N2O3/c1-3-16-12(11(19-2)9-15-16)14(18)13(17)10-7-5-4-6-8-10/h4-9,13-14,17-18H,3H2,1-2H3. The Kier molecular flexibility index (Phi) is 4.19. The Labute approximate surface area is 112 Å². The second-order valence-electron chi connectivity index (χ2n) is 4.21. The van der Waals surface area contributed by atoms with Gasteiger partial charge in [0.15, 0.2) is 5.75 Å². The zero-order chi connectivity index (χ0) is 13.8. The van der Waals surface area contributed by atoms with Crippen molar-refractivity contribution in [2.45, 2.75) is 25.7 Å². The Morgan fingerprint density at radius 2 is 1.89 bits per heavy atom. The average molecular weight is 262 g/mol. The van der Waals surface area contributed by atoms with Gasteiger partial charge in [-0.2, -0.15) is 5.10 Å². The number of hydrogen-bond donors (Lipinski definition) is 2. The Balaban J connectivity index is 2.33. The minimum absolute atomic E-state index is 0.476. The van der Waals surface area contributed by atoms with Gasteiger partial charge in [-0.1, -0.05) is 30.3 Å². The number of benzene rings is 1. The lowest BCUT2D eigenvalue weighted by Gasteiger charge is -2.20. The summed E-state index contributed by atoms with van der Waals surface area (Å²) in [5.41, 5.74) is 1.14. The van der Waals surface area contributed by atoms with Gasteiger partial charge in [0, 0.05) is 6.54 Å². The summed E-state index contributed by atoms with van der Waals surface area (Å²) in [5.74, 6) is 0.476. The number of aliphatic hydroxyl groups excluding tert-OH is 2. The van der Waals surface area contributed by atoms with Crippen molar-refractivity contribution in [2.24, 2.45) is 0 Å². The molecule has 0 aliphatic heterocycles. The molecule has 2 rings (SSSR count). The Morgan fingerprint density at radius 1 is 1.21 bits per heavy atom. The zero-order valence-corrected chi connectivity index (χ0v) is 11.0. The van der Waals surface area contributed by atoms with E-state index in [0.717, 1.165) is 0 Å². The van der Waals surface area contributed by atoms with Crippen LogP contribution in [-0.2, 0) is 6.54 Å². The van der Waals surface area contributed by atoms with Crippen molar-refractivity contribution in [3.8, 4) is 5.75 Å². The molecule has 0 saturated heterocycles. The monoisotopic (exact) mass is 262 g/mol. The lowest BCUT2D eigenvalue weighted by molar-refractivity contribution is 0.0104. The predicted octanol–water partition coefficient (Wildman–Crippen LogP) is 1.68. The zero-order valence-electron chi connectivity index (χ0n) is 11.0. The van der Waals surface area contributed by atoms with Crippen molar-refractivity contribution < 1.29 is 14.9 Å². The number of aliphatic hydroxyl groups is 2. The van der Waals surface area contributed by atoms with Crippen LogP contribution in [0.5, 0.6) is 5.75 Å². The Bertz CT molecular complexity index is 503. The Hall–Kier alpha value is -1.85. The van der Waals surface area contributed by atoms with E-state index in [1.165, 1.54) is 7.11 Å². The number of aromatic nitrogens is 2. The third kappa shape index (κ3) is 2.62. The van der Waals surface area contributed by atoms with Gasteiger partial charge < -0.3 is 14.9 Å². The number of nitrogens with zero attached hydrogens (tertiary/aromatic N) is 2.